The fourth-order valence-corrected chi connectivity index (χ4v) is 4.06. The topological polar surface area (TPSA) is 58.6 Å². The highest BCUT2D eigenvalue weighted by atomic mass is 35.5. The van der Waals surface area contributed by atoms with E-state index >= 15 is 0 Å². The van der Waals surface area contributed by atoms with Crippen LogP contribution in [0.3, 0.4) is 0 Å². The van der Waals surface area contributed by atoms with Gasteiger partial charge in [0, 0.05) is 31.7 Å². The second-order valence-electron chi connectivity index (χ2n) is 8.31. The zero-order valence-electron chi connectivity index (χ0n) is 16.2. The molecule has 26 heavy (non-hydrogen) atoms. The molecule has 0 N–H and O–H groups in total. The molecule has 0 radical (unpaired) electrons. The largest absolute Gasteiger partial charge is 0.444 e. The molecular weight excluding hydrogens is 352 g/mol. The van der Waals surface area contributed by atoms with Crippen LogP contribution in [0, 0.1) is 0 Å². The summed E-state index contributed by atoms with van der Waals surface area (Å²) in [5.41, 5.74) is 1.90. The number of fused-ring (bicyclic) bond motifs is 1. The van der Waals surface area contributed by atoms with Gasteiger partial charge in [0.25, 0.3) is 0 Å². The van der Waals surface area contributed by atoms with Gasteiger partial charge >= 0.3 is 6.09 Å². The predicted molar refractivity (Wildman–Crippen MR) is 103 cm³/mol. The zero-order valence-corrected chi connectivity index (χ0v) is 17.0. The molecule has 1 saturated heterocycles. The van der Waals surface area contributed by atoms with Crippen molar-refractivity contribution in [3.8, 4) is 0 Å². The molecule has 144 valence electrons. The van der Waals surface area contributed by atoms with E-state index in [1.807, 2.05) is 25.7 Å². The molecule has 7 heteroatoms. The molecule has 1 atom stereocenters. The average molecular weight is 381 g/mol. The van der Waals surface area contributed by atoms with Gasteiger partial charge in [0.2, 0.25) is 0 Å². The lowest BCUT2D eigenvalue weighted by atomic mass is 9.93. The summed E-state index contributed by atoms with van der Waals surface area (Å²) in [4.78, 5) is 16.4. The van der Waals surface area contributed by atoms with Crippen molar-refractivity contribution in [2.75, 3.05) is 25.0 Å². The SMILES string of the molecule is CN(c1nnc(Cl)c2c1CCCC2)[C@@H]1CCCN(C(=O)OC(C)(C)C)C1. The molecule has 1 aromatic rings. The van der Waals surface area contributed by atoms with Crippen molar-refractivity contribution in [1.29, 1.82) is 0 Å². The van der Waals surface area contributed by atoms with Gasteiger partial charge in [-0.05, 0) is 64.9 Å². The Morgan fingerprint density at radius 3 is 2.58 bits per heavy atom. The monoisotopic (exact) mass is 380 g/mol. The fraction of sp³-hybridized carbons (Fsp3) is 0.737. The van der Waals surface area contributed by atoms with Gasteiger partial charge in [0.15, 0.2) is 11.0 Å². The fourth-order valence-electron chi connectivity index (χ4n) is 3.81. The molecule has 6 nitrogen and oxygen atoms in total. The molecule has 3 rings (SSSR count). The zero-order chi connectivity index (χ0) is 18.9. The minimum atomic E-state index is -0.476. The third-order valence-corrected chi connectivity index (χ3v) is 5.45. The summed E-state index contributed by atoms with van der Waals surface area (Å²) in [7, 11) is 2.05. The van der Waals surface area contributed by atoms with E-state index in [9.17, 15) is 4.79 Å². The first kappa shape index (κ1) is 19.2. The van der Waals surface area contributed by atoms with Crippen molar-refractivity contribution >= 4 is 23.5 Å². The van der Waals surface area contributed by atoms with Gasteiger partial charge in [-0.25, -0.2) is 4.79 Å². The Labute approximate surface area is 160 Å². The molecule has 1 fully saturated rings. The molecule has 0 aromatic carbocycles. The Hall–Kier alpha value is -1.56. The number of likely N-dealkylation sites (N-methyl/N-ethyl adjacent to an activating group) is 1. The number of nitrogens with zero attached hydrogens (tertiary/aromatic N) is 4. The molecule has 1 aliphatic heterocycles. The number of rotatable bonds is 2. The van der Waals surface area contributed by atoms with Crippen LogP contribution in [-0.4, -0.2) is 53.0 Å². The van der Waals surface area contributed by atoms with Gasteiger partial charge in [0.1, 0.15) is 5.60 Å². The second-order valence-corrected chi connectivity index (χ2v) is 8.67. The smallest absolute Gasteiger partial charge is 0.410 e. The Bertz CT molecular complexity index is 674. The molecule has 1 aromatic heterocycles. The van der Waals surface area contributed by atoms with Gasteiger partial charge in [-0.2, -0.15) is 0 Å². The van der Waals surface area contributed by atoms with Crippen molar-refractivity contribution in [3.05, 3.63) is 16.3 Å². The molecule has 0 unspecified atom stereocenters. The third kappa shape index (κ3) is 4.22. The van der Waals surface area contributed by atoms with Crippen LogP contribution in [-0.2, 0) is 17.6 Å². The Balaban J connectivity index is 1.76. The van der Waals surface area contributed by atoms with Crippen LogP contribution in [0.4, 0.5) is 10.6 Å². The number of carbonyl (C=O) groups excluding carboxylic acids is 1. The van der Waals surface area contributed by atoms with Crippen molar-refractivity contribution < 1.29 is 9.53 Å². The molecule has 1 amide bonds. The summed E-state index contributed by atoms with van der Waals surface area (Å²) < 4.78 is 5.54. The lowest BCUT2D eigenvalue weighted by molar-refractivity contribution is 0.0199. The van der Waals surface area contributed by atoms with E-state index in [-0.39, 0.29) is 12.1 Å². The maximum Gasteiger partial charge on any atom is 0.410 e. The Morgan fingerprint density at radius 2 is 1.88 bits per heavy atom. The number of hydrogen-bond acceptors (Lipinski definition) is 5. The van der Waals surface area contributed by atoms with E-state index in [1.165, 1.54) is 5.56 Å². The highest BCUT2D eigenvalue weighted by Crippen LogP contribution is 2.33. The number of anilines is 1. The van der Waals surface area contributed by atoms with E-state index in [2.05, 4.69) is 22.1 Å². The number of halogens is 1. The number of piperidine rings is 1. The highest BCUT2D eigenvalue weighted by molar-refractivity contribution is 6.30. The van der Waals surface area contributed by atoms with Crippen molar-refractivity contribution in [1.82, 2.24) is 15.1 Å². The van der Waals surface area contributed by atoms with Crippen molar-refractivity contribution in [3.63, 3.8) is 0 Å². The van der Waals surface area contributed by atoms with Gasteiger partial charge in [-0.1, -0.05) is 11.6 Å². The third-order valence-electron chi connectivity index (χ3n) is 5.15. The quantitative estimate of drug-likeness (QED) is 0.780. The highest BCUT2D eigenvalue weighted by Gasteiger charge is 2.31. The summed E-state index contributed by atoms with van der Waals surface area (Å²) in [6, 6.07) is 0.206. The number of carbonyl (C=O) groups is 1. The normalized spacial score (nSPS) is 20.5. The summed E-state index contributed by atoms with van der Waals surface area (Å²) in [6.07, 6.45) is 6.01. The van der Waals surface area contributed by atoms with Crippen LogP contribution in [0.2, 0.25) is 5.15 Å². The maximum absolute atomic E-state index is 12.4. The first-order valence-corrected chi connectivity index (χ1v) is 9.89. The molecule has 2 aliphatic rings. The molecule has 0 spiro atoms. The molecule has 1 aliphatic carbocycles. The molecule has 0 bridgehead atoms. The van der Waals surface area contributed by atoms with Crippen LogP contribution in [0.5, 0.6) is 0 Å². The van der Waals surface area contributed by atoms with E-state index in [0.29, 0.717) is 11.7 Å². The predicted octanol–water partition coefficient (Wildman–Crippen LogP) is 3.84. The van der Waals surface area contributed by atoms with Crippen molar-refractivity contribution in [2.24, 2.45) is 0 Å². The van der Waals surface area contributed by atoms with E-state index in [1.54, 1.807) is 0 Å². The first-order chi connectivity index (χ1) is 12.3. The van der Waals surface area contributed by atoms with Crippen LogP contribution in [0.15, 0.2) is 0 Å². The molecule has 0 saturated carbocycles. The van der Waals surface area contributed by atoms with Gasteiger partial charge < -0.3 is 14.5 Å². The van der Waals surface area contributed by atoms with E-state index < -0.39 is 5.60 Å². The summed E-state index contributed by atoms with van der Waals surface area (Å²) in [6.45, 7) is 7.07. The minimum absolute atomic E-state index is 0.206. The van der Waals surface area contributed by atoms with E-state index in [4.69, 9.17) is 16.3 Å². The van der Waals surface area contributed by atoms with Crippen LogP contribution in [0.1, 0.15) is 57.6 Å². The lowest BCUT2D eigenvalue weighted by Gasteiger charge is -2.39. The Morgan fingerprint density at radius 1 is 1.19 bits per heavy atom. The van der Waals surface area contributed by atoms with E-state index in [0.717, 1.165) is 56.5 Å². The van der Waals surface area contributed by atoms with Crippen LogP contribution >= 0.6 is 11.6 Å². The first-order valence-electron chi connectivity index (χ1n) is 9.51. The maximum atomic E-state index is 12.4. The summed E-state index contributed by atoms with van der Waals surface area (Å²) in [5, 5.41) is 9.12. The van der Waals surface area contributed by atoms with Gasteiger partial charge in [0.05, 0.1) is 0 Å². The molecular formula is C19H29ClN4O2. The number of ether oxygens (including phenoxy) is 1. The van der Waals surface area contributed by atoms with Crippen LogP contribution in [0.25, 0.3) is 0 Å². The van der Waals surface area contributed by atoms with Gasteiger partial charge in [-0.15, -0.1) is 10.2 Å². The Kier molecular flexibility index (Phi) is 5.61. The molecule has 2 heterocycles. The number of aromatic nitrogens is 2. The van der Waals surface area contributed by atoms with Crippen molar-refractivity contribution in [2.45, 2.75) is 70.9 Å². The minimum Gasteiger partial charge on any atom is -0.444 e. The standard InChI is InChI=1S/C19H29ClN4O2/c1-19(2,3)26-18(25)24-11-7-8-13(12-24)23(4)17-15-10-6-5-9-14(15)16(20)21-22-17/h13H,5-12H2,1-4H3/t13-/m1/s1. The van der Waals surface area contributed by atoms with Crippen LogP contribution < -0.4 is 4.90 Å². The summed E-state index contributed by atoms with van der Waals surface area (Å²) >= 11 is 6.27. The number of amides is 1. The number of hydrogen-bond donors (Lipinski definition) is 0. The lowest BCUT2D eigenvalue weighted by Crippen LogP contribution is -2.50. The number of likely N-dealkylation sites (tertiary alicyclic amines) is 1. The summed E-state index contributed by atoms with van der Waals surface area (Å²) in [5.74, 6) is 0.917. The second kappa shape index (κ2) is 7.59. The average Bonchev–Trinajstić information content (AvgIpc) is 2.60. The van der Waals surface area contributed by atoms with Gasteiger partial charge in [-0.3, -0.25) is 0 Å².